The van der Waals surface area contributed by atoms with Crippen molar-refractivity contribution in [2.75, 3.05) is 5.32 Å². The molecule has 0 aliphatic heterocycles. The van der Waals surface area contributed by atoms with Gasteiger partial charge < -0.3 is 0 Å². The summed E-state index contributed by atoms with van der Waals surface area (Å²) >= 11 is 1.42. The zero-order valence-corrected chi connectivity index (χ0v) is 13.3. The maximum Gasteiger partial charge on any atom is 0.257 e. The fourth-order valence-electron chi connectivity index (χ4n) is 1.81. The Labute approximate surface area is 123 Å². The smallest absolute Gasteiger partial charge is 0.257 e. The topological polar surface area (TPSA) is 54.9 Å². The highest BCUT2D eigenvalue weighted by Gasteiger charge is 2.20. The number of hydrogen-bond acceptors (Lipinski definition) is 4. The molecule has 0 aliphatic rings. The molecule has 0 aliphatic carbocycles. The van der Waals surface area contributed by atoms with E-state index in [-0.39, 0.29) is 11.3 Å². The van der Waals surface area contributed by atoms with Gasteiger partial charge in [-0.25, -0.2) is 0 Å². The monoisotopic (exact) mass is 289 g/mol. The fourth-order valence-corrected chi connectivity index (χ4v) is 2.61. The average Bonchev–Trinajstić information content (AvgIpc) is 2.76. The zero-order valence-electron chi connectivity index (χ0n) is 12.4. The van der Waals surface area contributed by atoms with Crippen molar-refractivity contribution >= 4 is 22.4 Å². The quantitative estimate of drug-likeness (QED) is 0.917. The van der Waals surface area contributed by atoms with Crippen LogP contribution in [0.4, 0.5) is 5.13 Å². The molecule has 1 aromatic heterocycles. The fraction of sp³-hybridized carbons (Fsp3) is 0.400. The molecule has 1 heterocycles. The summed E-state index contributed by atoms with van der Waals surface area (Å²) < 4.78 is 0. The van der Waals surface area contributed by atoms with E-state index in [1.54, 1.807) is 0 Å². The third-order valence-electron chi connectivity index (χ3n) is 2.91. The van der Waals surface area contributed by atoms with Gasteiger partial charge in [-0.2, -0.15) is 0 Å². The van der Waals surface area contributed by atoms with Crippen LogP contribution >= 0.6 is 11.3 Å². The van der Waals surface area contributed by atoms with E-state index in [4.69, 9.17) is 0 Å². The van der Waals surface area contributed by atoms with Crippen LogP contribution < -0.4 is 5.32 Å². The van der Waals surface area contributed by atoms with Crippen molar-refractivity contribution in [3.63, 3.8) is 0 Å². The lowest BCUT2D eigenvalue weighted by Gasteiger charge is -2.12. The molecule has 0 spiro atoms. The summed E-state index contributed by atoms with van der Waals surface area (Å²) in [6.45, 7) is 10.2. The molecule has 106 valence electrons. The van der Waals surface area contributed by atoms with Crippen molar-refractivity contribution < 1.29 is 4.79 Å². The molecular weight excluding hydrogens is 270 g/mol. The second-order valence-corrected chi connectivity index (χ2v) is 6.91. The Morgan fingerprint density at radius 1 is 1.20 bits per heavy atom. The summed E-state index contributed by atoms with van der Waals surface area (Å²) in [5, 5.41) is 12.4. The molecule has 0 fully saturated rings. The Kier molecular flexibility index (Phi) is 3.90. The van der Waals surface area contributed by atoms with Gasteiger partial charge in [0.15, 0.2) is 0 Å². The van der Waals surface area contributed by atoms with Crippen molar-refractivity contribution in [2.24, 2.45) is 0 Å². The first-order valence-corrected chi connectivity index (χ1v) is 7.31. The van der Waals surface area contributed by atoms with Gasteiger partial charge in [-0.1, -0.05) is 49.8 Å². The Morgan fingerprint density at radius 2 is 1.90 bits per heavy atom. The number of amides is 1. The predicted octanol–water partition coefficient (Wildman–Crippen LogP) is 3.70. The Hall–Kier alpha value is -1.75. The Balaban J connectivity index is 2.17. The molecule has 20 heavy (non-hydrogen) atoms. The lowest BCUT2D eigenvalue weighted by molar-refractivity contribution is 0.102. The van der Waals surface area contributed by atoms with Crippen molar-refractivity contribution in [1.29, 1.82) is 0 Å². The summed E-state index contributed by atoms with van der Waals surface area (Å²) in [6, 6.07) is 5.77. The van der Waals surface area contributed by atoms with E-state index in [2.05, 4.69) is 36.3 Å². The van der Waals surface area contributed by atoms with E-state index in [1.807, 2.05) is 32.0 Å². The van der Waals surface area contributed by atoms with Crippen molar-refractivity contribution in [1.82, 2.24) is 10.2 Å². The largest absolute Gasteiger partial charge is 0.296 e. The van der Waals surface area contributed by atoms with Crippen LogP contribution in [0.3, 0.4) is 0 Å². The number of aromatic nitrogens is 2. The first-order valence-electron chi connectivity index (χ1n) is 6.50. The first-order chi connectivity index (χ1) is 9.27. The molecule has 2 rings (SSSR count). The molecular formula is C15H19N3OS. The highest BCUT2D eigenvalue weighted by Crippen LogP contribution is 2.28. The van der Waals surface area contributed by atoms with Crippen LogP contribution in [0.5, 0.6) is 0 Å². The van der Waals surface area contributed by atoms with Crippen LogP contribution in [0.1, 0.15) is 47.3 Å². The molecule has 0 saturated carbocycles. The van der Waals surface area contributed by atoms with Crippen LogP contribution in [0.25, 0.3) is 0 Å². The van der Waals surface area contributed by atoms with Crippen LogP contribution in [0.15, 0.2) is 18.2 Å². The number of hydrogen-bond donors (Lipinski definition) is 1. The highest BCUT2D eigenvalue weighted by molar-refractivity contribution is 7.15. The van der Waals surface area contributed by atoms with Crippen molar-refractivity contribution in [2.45, 2.75) is 40.0 Å². The molecule has 4 nitrogen and oxygen atoms in total. The molecule has 0 radical (unpaired) electrons. The van der Waals surface area contributed by atoms with Crippen LogP contribution in [-0.4, -0.2) is 16.1 Å². The van der Waals surface area contributed by atoms with E-state index in [9.17, 15) is 4.79 Å². The lowest BCUT2D eigenvalue weighted by Crippen LogP contribution is -2.13. The second kappa shape index (κ2) is 5.32. The first kappa shape index (κ1) is 14.7. The molecule has 1 aromatic carbocycles. The minimum absolute atomic E-state index is 0.0551. The van der Waals surface area contributed by atoms with Crippen molar-refractivity contribution in [3.05, 3.63) is 39.9 Å². The zero-order chi connectivity index (χ0) is 14.9. The van der Waals surface area contributed by atoms with Gasteiger partial charge in [-0.3, -0.25) is 10.1 Å². The number of carbonyl (C=O) groups excluding carboxylic acids is 1. The van der Waals surface area contributed by atoms with Gasteiger partial charge in [0, 0.05) is 11.0 Å². The van der Waals surface area contributed by atoms with Gasteiger partial charge >= 0.3 is 0 Å². The van der Waals surface area contributed by atoms with E-state index in [1.165, 1.54) is 11.3 Å². The van der Waals surface area contributed by atoms with E-state index < -0.39 is 0 Å². The van der Waals surface area contributed by atoms with E-state index >= 15 is 0 Å². The maximum absolute atomic E-state index is 12.2. The number of aryl methyl sites for hydroxylation is 2. The highest BCUT2D eigenvalue weighted by atomic mass is 32.1. The molecule has 0 unspecified atom stereocenters. The maximum atomic E-state index is 12.2. The number of rotatable bonds is 2. The van der Waals surface area contributed by atoms with E-state index in [0.29, 0.717) is 10.7 Å². The Bertz CT molecular complexity index is 641. The number of anilines is 1. The van der Waals surface area contributed by atoms with Gasteiger partial charge in [-0.15, -0.1) is 10.2 Å². The molecule has 0 atom stereocenters. The molecule has 0 bridgehead atoms. The number of carbonyl (C=O) groups is 1. The summed E-state index contributed by atoms with van der Waals surface area (Å²) in [7, 11) is 0. The SMILES string of the molecule is Cc1ccc(C(=O)Nc2nnc(C(C)(C)C)s2)c(C)c1. The van der Waals surface area contributed by atoms with Crippen LogP contribution in [-0.2, 0) is 5.41 Å². The van der Waals surface area contributed by atoms with Crippen molar-refractivity contribution in [3.8, 4) is 0 Å². The number of nitrogens with zero attached hydrogens (tertiary/aromatic N) is 2. The van der Waals surface area contributed by atoms with Crippen LogP contribution in [0, 0.1) is 13.8 Å². The number of benzene rings is 1. The minimum Gasteiger partial charge on any atom is -0.296 e. The minimum atomic E-state index is -0.140. The summed E-state index contributed by atoms with van der Waals surface area (Å²) in [6.07, 6.45) is 0. The summed E-state index contributed by atoms with van der Waals surface area (Å²) in [5.41, 5.74) is 2.72. The van der Waals surface area contributed by atoms with Crippen LogP contribution in [0.2, 0.25) is 0 Å². The van der Waals surface area contributed by atoms with Gasteiger partial charge in [0.25, 0.3) is 5.91 Å². The number of nitrogens with one attached hydrogen (secondary N) is 1. The lowest BCUT2D eigenvalue weighted by atomic mass is 9.98. The molecule has 5 heteroatoms. The standard InChI is InChI=1S/C15H19N3OS/c1-9-6-7-11(10(2)8-9)12(19)16-14-18-17-13(20-14)15(3,4)5/h6-8H,1-5H3,(H,16,18,19). The van der Waals surface area contributed by atoms with Gasteiger partial charge in [-0.05, 0) is 25.5 Å². The van der Waals surface area contributed by atoms with Gasteiger partial charge in [0.1, 0.15) is 5.01 Å². The average molecular weight is 289 g/mol. The summed E-state index contributed by atoms with van der Waals surface area (Å²) in [4.78, 5) is 12.2. The molecule has 1 amide bonds. The second-order valence-electron chi connectivity index (χ2n) is 5.93. The van der Waals surface area contributed by atoms with E-state index in [0.717, 1.165) is 16.1 Å². The molecule has 1 N–H and O–H groups in total. The van der Waals surface area contributed by atoms with Gasteiger partial charge in [0.2, 0.25) is 5.13 Å². The summed E-state index contributed by atoms with van der Waals surface area (Å²) in [5.74, 6) is -0.140. The van der Waals surface area contributed by atoms with Gasteiger partial charge in [0.05, 0.1) is 0 Å². The molecule has 2 aromatic rings. The third kappa shape index (κ3) is 3.22. The Morgan fingerprint density at radius 3 is 2.45 bits per heavy atom. The predicted molar refractivity (Wildman–Crippen MR) is 82.5 cm³/mol. The third-order valence-corrected chi connectivity index (χ3v) is 4.18. The molecule has 0 saturated heterocycles. The normalized spacial score (nSPS) is 11.4.